The van der Waals surface area contributed by atoms with Gasteiger partial charge in [0.2, 0.25) is 15.9 Å². The second-order valence-electron chi connectivity index (χ2n) is 6.94. The first-order valence-electron chi connectivity index (χ1n) is 9.48. The standard InChI is InChI=1S/C21H24N2O6S/c1-28-18-9-11-19(12-10-18)30(26,27)23-13-3-4-16(14-23)20(24)22-17-7-5-15(6-8-17)21(25)29-2/h5-12,16H,3-4,13-14H2,1-2H3,(H,22,24)/t16-/m0/s1. The topological polar surface area (TPSA) is 102 Å². The minimum Gasteiger partial charge on any atom is -0.497 e. The van der Waals surface area contributed by atoms with E-state index < -0.39 is 21.9 Å². The molecular formula is C21H24N2O6S. The number of hydrogen-bond donors (Lipinski definition) is 1. The molecule has 30 heavy (non-hydrogen) atoms. The lowest BCUT2D eigenvalue weighted by Gasteiger charge is -2.31. The first-order chi connectivity index (χ1) is 14.3. The molecule has 0 spiro atoms. The molecule has 1 fully saturated rings. The van der Waals surface area contributed by atoms with Gasteiger partial charge >= 0.3 is 5.97 Å². The molecular weight excluding hydrogens is 408 g/mol. The Bertz CT molecular complexity index is 1000. The van der Waals surface area contributed by atoms with Crippen LogP contribution in [0, 0.1) is 5.92 Å². The highest BCUT2D eigenvalue weighted by atomic mass is 32.2. The van der Waals surface area contributed by atoms with Gasteiger partial charge < -0.3 is 14.8 Å². The Morgan fingerprint density at radius 3 is 2.30 bits per heavy atom. The molecule has 0 saturated carbocycles. The quantitative estimate of drug-likeness (QED) is 0.704. The number of esters is 1. The van der Waals surface area contributed by atoms with Crippen LogP contribution in [0.5, 0.6) is 5.75 Å². The molecule has 1 N–H and O–H groups in total. The van der Waals surface area contributed by atoms with Gasteiger partial charge in [-0.2, -0.15) is 4.31 Å². The third-order valence-electron chi connectivity index (χ3n) is 5.03. The van der Waals surface area contributed by atoms with Crippen molar-refractivity contribution < 1.29 is 27.5 Å². The number of nitrogens with one attached hydrogen (secondary N) is 1. The lowest BCUT2D eigenvalue weighted by molar-refractivity contribution is -0.120. The van der Waals surface area contributed by atoms with Crippen LogP contribution in [0.15, 0.2) is 53.4 Å². The zero-order valence-electron chi connectivity index (χ0n) is 16.8. The maximum Gasteiger partial charge on any atom is 0.337 e. The van der Waals surface area contributed by atoms with Gasteiger partial charge in [-0.05, 0) is 61.4 Å². The van der Waals surface area contributed by atoms with Gasteiger partial charge in [-0.1, -0.05) is 0 Å². The van der Waals surface area contributed by atoms with E-state index in [0.29, 0.717) is 36.4 Å². The Kier molecular flexibility index (Phi) is 6.73. The zero-order chi connectivity index (χ0) is 21.7. The van der Waals surface area contributed by atoms with Crippen molar-refractivity contribution in [2.24, 2.45) is 5.92 Å². The molecule has 1 amide bonds. The minimum absolute atomic E-state index is 0.112. The molecule has 1 aliphatic heterocycles. The van der Waals surface area contributed by atoms with Crippen LogP contribution in [0.1, 0.15) is 23.2 Å². The summed E-state index contributed by atoms with van der Waals surface area (Å²) in [5.41, 5.74) is 0.910. The highest BCUT2D eigenvalue weighted by molar-refractivity contribution is 7.89. The van der Waals surface area contributed by atoms with Crippen LogP contribution in [0.4, 0.5) is 5.69 Å². The van der Waals surface area contributed by atoms with E-state index in [-0.39, 0.29) is 17.3 Å². The van der Waals surface area contributed by atoms with Gasteiger partial charge in [-0.25, -0.2) is 13.2 Å². The van der Waals surface area contributed by atoms with Gasteiger partial charge in [0.15, 0.2) is 0 Å². The van der Waals surface area contributed by atoms with Gasteiger partial charge in [0.05, 0.1) is 30.6 Å². The summed E-state index contributed by atoms with van der Waals surface area (Å²) in [4.78, 5) is 24.4. The number of carbonyl (C=O) groups is 2. The summed E-state index contributed by atoms with van der Waals surface area (Å²) < 4.78 is 37.0. The maximum absolute atomic E-state index is 13.0. The van der Waals surface area contributed by atoms with Crippen LogP contribution in [0.25, 0.3) is 0 Å². The Hall–Kier alpha value is -2.91. The van der Waals surface area contributed by atoms with E-state index >= 15 is 0 Å². The zero-order valence-corrected chi connectivity index (χ0v) is 17.6. The third kappa shape index (κ3) is 4.80. The van der Waals surface area contributed by atoms with E-state index in [1.54, 1.807) is 36.4 Å². The molecule has 1 heterocycles. The molecule has 9 heteroatoms. The average Bonchev–Trinajstić information content (AvgIpc) is 2.79. The first kappa shape index (κ1) is 21.8. The predicted octanol–water partition coefficient (Wildman–Crippen LogP) is 2.52. The van der Waals surface area contributed by atoms with E-state index in [4.69, 9.17) is 4.74 Å². The van der Waals surface area contributed by atoms with E-state index in [2.05, 4.69) is 10.1 Å². The number of ether oxygens (including phenoxy) is 2. The van der Waals surface area contributed by atoms with Crippen LogP contribution in [0.2, 0.25) is 0 Å². The normalized spacial score (nSPS) is 17.2. The van der Waals surface area contributed by atoms with E-state index in [1.807, 2.05) is 0 Å². The summed E-state index contributed by atoms with van der Waals surface area (Å²) >= 11 is 0. The molecule has 3 rings (SSSR count). The second-order valence-corrected chi connectivity index (χ2v) is 8.87. The maximum atomic E-state index is 13.0. The summed E-state index contributed by atoms with van der Waals surface area (Å²) in [5, 5.41) is 2.79. The number of benzene rings is 2. The second kappa shape index (κ2) is 9.27. The Balaban J connectivity index is 1.67. The highest BCUT2D eigenvalue weighted by Gasteiger charge is 2.33. The Morgan fingerprint density at radius 2 is 1.70 bits per heavy atom. The van der Waals surface area contributed by atoms with Gasteiger partial charge in [0.25, 0.3) is 0 Å². The van der Waals surface area contributed by atoms with Crippen molar-refractivity contribution in [2.75, 3.05) is 32.6 Å². The van der Waals surface area contributed by atoms with Crippen LogP contribution in [-0.2, 0) is 19.6 Å². The summed E-state index contributed by atoms with van der Waals surface area (Å²) in [5.74, 6) is -0.606. The summed E-state index contributed by atoms with van der Waals surface area (Å²) in [7, 11) is -0.885. The summed E-state index contributed by atoms with van der Waals surface area (Å²) in [6.07, 6.45) is 1.19. The lowest BCUT2D eigenvalue weighted by Crippen LogP contribution is -2.43. The van der Waals surface area contributed by atoms with Crippen molar-refractivity contribution in [1.82, 2.24) is 4.31 Å². The SMILES string of the molecule is COC(=O)c1ccc(NC(=O)[C@H]2CCCN(S(=O)(=O)c3ccc(OC)cc3)C2)cc1. The fourth-order valence-corrected chi connectivity index (χ4v) is 4.85. The number of anilines is 1. The van der Waals surface area contributed by atoms with Crippen molar-refractivity contribution in [3.05, 3.63) is 54.1 Å². The molecule has 0 unspecified atom stereocenters. The molecule has 0 bridgehead atoms. The number of nitrogens with zero attached hydrogens (tertiary/aromatic N) is 1. The highest BCUT2D eigenvalue weighted by Crippen LogP contribution is 2.26. The van der Waals surface area contributed by atoms with E-state index in [1.165, 1.54) is 30.7 Å². The largest absolute Gasteiger partial charge is 0.497 e. The fraction of sp³-hybridized carbons (Fsp3) is 0.333. The molecule has 2 aromatic carbocycles. The van der Waals surface area contributed by atoms with Crippen LogP contribution >= 0.6 is 0 Å². The average molecular weight is 432 g/mol. The van der Waals surface area contributed by atoms with Gasteiger partial charge in [0, 0.05) is 18.8 Å². The Labute approximate surface area is 175 Å². The molecule has 1 saturated heterocycles. The van der Waals surface area contributed by atoms with Crippen molar-refractivity contribution in [2.45, 2.75) is 17.7 Å². The van der Waals surface area contributed by atoms with Crippen molar-refractivity contribution in [1.29, 1.82) is 0 Å². The Morgan fingerprint density at radius 1 is 1.03 bits per heavy atom. The number of sulfonamides is 1. The van der Waals surface area contributed by atoms with Gasteiger partial charge in [0.1, 0.15) is 5.75 Å². The molecule has 0 aromatic heterocycles. The molecule has 1 atom stereocenters. The fourth-order valence-electron chi connectivity index (χ4n) is 3.32. The molecule has 0 radical (unpaired) electrons. The molecule has 1 aliphatic rings. The van der Waals surface area contributed by atoms with Crippen molar-refractivity contribution in [3.8, 4) is 5.75 Å². The number of amides is 1. The molecule has 2 aromatic rings. The number of hydrogen-bond acceptors (Lipinski definition) is 6. The number of carbonyl (C=O) groups excluding carboxylic acids is 2. The summed E-state index contributed by atoms with van der Waals surface area (Å²) in [6.45, 7) is 0.479. The van der Waals surface area contributed by atoms with Gasteiger partial charge in [-0.15, -0.1) is 0 Å². The first-order valence-corrected chi connectivity index (χ1v) is 10.9. The van der Waals surface area contributed by atoms with Crippen molar-refractivity contribution >= 4 is 27.6 Å². The number of piperidine rings is 1. The molecule has 8 nitrogen and oxygen atoms in total. The van der Waals surface area contributed by atoms with Gasteiger partial charge in [-0.3, -0.25) is 4.79 Å². The molecule has 160 valence electrons. The smallest absolute Gasteiger partial charge is 0.337 e. The number of methoxy groups -OCH3 is 2. The summed E-state index contributed by atoms with van der Waals surface area (Å²) in [6, 6.07) is 12.5. The minimum atomic E-state index is -3.70. The van der Waals surface area contributed by atoms with Crippen molar-refractivity contribution in [3.63, 3.8) is 0 Å². The van der Waals surface area contributed by atoms with Crippen LogP contribution in [0.3, 0.4) is 0 Å². The van der Waals surface area contributed by atoms with E-state index in [0.717, 1.165) is 0 Å². The lowest BCUT2D eigenvalue weighted by atomic mass is 9.98. The number of rotatable bonds is 6. The monoisotopic (exact) mass is 432 g/mol. The predicted molar refractivity (Wildman–Crippen MR) is 111 cm³/mol. The van der Waals surface area contributed by atoms with E-state index in [9.17, 15) is 18.0 Å². The van der Waals surface area contributed by atoms with Crippen LogP contribution in [-0.4, -0.2) is 51.9 Å². The third-order valence-corrected chi connectivity index (χ3v) is 6.91. The van der Waals surface area contributed by atoms with Crippen LogP contribution < -0.4 is 10.1 Å². The molecule has 0 aliphatic carbocycles.